The smallest absolute Gasteiger partial charge is 0.146 e. The number of rotatable bonds is 4. The van der Waals surface area contributed by atoms with Crippen molar-refractivity contribution < 1.29 is 4.74 Å². The number of para-hydroxylation sites is 1. The quantitative estimate of drug-likeness (QED) is 0.180. The van der Waals surface area contributed by atoms with E-state index >= 15 is 0 Å². The van der Waals surface area contributed by atoms with Gasteiger partial charge in [0, 0.05) is 63.2 Å². The average Bonchev–Trinajstić information content (AvgIpc) is 3.77. The van der Waals surface area contributed by atoms with Gasteiger partial charge in [-0.25, -0.2) is 9.97 Å². The number of ether oxygens (including phenoxy) is 1. The van der Waals surface area contributed by atoms with Gasteiger partial charge in [-0.1, -0.05) is 84.9 Å². The number of benzene rings is 5. The summed E-state index contributed by atoms with van der Waals surface area (Å²) in [7, 11) is 0. The zero-order chi connectivity index (χ0) is 32.8. The van der Waals surface area contributed by atoms with Gasteiger partial charge in [0.15, 0.2) is 0 Å². The fourth-order valence-electron chi connectivity index (χ4n) is 8.00. The molecule has 1 aliphatic heterocycles. The molecule has 0 bridgehead atoms. The van der Waals surface area contributed by atoms with Crippen LogP contribution in [-0.4, -0.2) is 23.9 Å². The van der Waals surface area contributed by atoms with Crippen molar-refractivity contribution in [2.45, 2.75) is 5.92 Å². The summed E-state index contributed by atoms with van der Waals surface area (Å²) in [6.07, 6.45) is 5.83. The molecule has 10 aromatic rings. The van der Waals surface area contributed by atoms with Gasteiger partial charge in [0.05, 0.1) is 27.8 Å². The lowest BCUT2D eigenvalue weighted by Crippen LogP contribution is -2.15. The van der Waals surface area contributed by atoms with Gasteiger partial charge in [-0.3, -0.25) is 14.0 Å². The molecule has 0 radical (unpaired) electrons. The summed E-state index contributed by atoms with van der Waals surface area (Å²) < 4.78 is 11.1. The van der Waals surface area contributed by atoms with Crippen molar-refractivity contribution in [3.05, 3.63) is 175 Å². The molecule has 234 valence electrons. The fraction of sp³-hybridized carbons (Fsp3) is 0.0227. The van der Waals surface area contributed by atoms with E-state index in [-0.39, 0.29) is 5.92 Å². The molecule has 1 atom stereocenters. The molecule has 0 spiro atoms. The van der Waals surface area contributed by atoms with Crippen LogP contribution < -0.4 is 4.74 Å². The van der Waals surface area contributed by atoms with Crippen LogP contribution in [0.2, 0.25) is 0 Å². The summed E-state index contributed by atoms with van der Waals surface area (Å²) >= 11 is 0. The highest BCUT2D eigenvalue weighted by molar-refractivity contribution is 6.12. The van der Waals surface area contributed by atoms with Crippen LogP contribution in [0.25, 0.3) is 66.3 Å². The Labute approximate surface area is 286 Å². The lowest BCUT2D eigenvalue weighted by Gasteiger charge is -2.28. The van der Waals surface area contributed by atoms with Crippen LogP contribution in [0.5, 0.6) is 11.5 Å². The van der Waals surface area contributed by atoms with Gasteiger partial charge in [-0.2, -0.15) is 0 Å². The van der Waals surface area contributed by atoms with E-state index in [1.165, 1.54) is 33.0 Å². The molecule has 5 aromatic heterocycles. The third kappa shape index (κ3) is 3.87. The van der Waals surface area contributed by atoms with E-state index in [9.17, 15) is 0 Å². The highest BCUT2D eigenvalue weighted by Gasteiger charge is 2.31. The summed E-state index contributed by atoms with van der Waals surface area (Å²) in [5.74, 6) is 2.54. The molecule has 50 heavy (non-hydrogen) atoms. The Kier molecular flexibility index (Phi) is 5.63. The van der Waals surface area contributed by atoms with Gasteiger partial charge in [0.2, 0.25) is 0 Å². The Balaban J connectivity index is 1.08. The first kappa shape index (κ1) is 27.2. The minimum Gasteiger partial charge on any atom is -0.457 e. The predicted molar refractivity (Wildman–Crippen MR) is 199 cm³/mol. The second-order valence-corrected chi connectivity index (χ2v) is 12.9. The summed E-state index contributed by atoms with van der Waals surface area (Å²) in [6, 6.07) is 48.6. The Morgan fingerprint density at radius 3 is 2.20 bits per heavy atom. The maximum atomic E-state index is 6.68. The number of hydrogen-bond acceptors (Lipinski definition) is 4. The fourth-order valence-corrected chi connectivity index (χ4v) is 8.00. The van der Waals surface area contributed by atoms with Crippen LogP contribution >= 0.6 is 0 Å². The summed E-state index contributed by atoms with van der Waals surface area (Å²) in [5, 5.41) is 4.40. The molecule has 1 aliphatic rings. The van der Waals surface area contributed by atoms with Gasteiger partial charge in [0.1, 0.15) is 23.0 Å². The highest BCUT2D eigenvalue weighted by Crippen LogP contribution is 2.47. The summed E-state index contributed by atoms with van der Waals surface area (Å²) in [5.41, 5.74) is 10.8. The molecule has 5 aromatic carbocycles. The number of fused-ring (bicyclic) bond motifs is 11. The number of imidazole rings is 1. The molecule has 0 amide bonds. The molecular formula is C44H27N5O. The molecule has 6 nitrogen and oxygen atoms in total. The normalized spacial score (nSPS) is 13.8. The maximum absolute atomic E-state index is 6.68. The van der Waals surface area contributed by atoms with Crippen LogP contribution in [0.4, 0.5) is 0 Å². The molecule has 0 aliphatic carbocycles. The number of pyridine rings is 3. The summed E-state index contributed by atoms with van der Waals surface area (Å²) in [6.45, 7) is 0. The van der Waals surface area contributed by atoms with E-state index in [4.69, 9.17) is 19.7 Å². The molecule has 6 heteroatoms. The molecule has 11 rings (SSSR count). The minimum absolute atomic E-state index is 0.0983. The first-order valence-corrected chi connectivity index (χ1v) is 16.8. The van der Waals surface area contributed by atoms with Crippen molar-refractivity contribution in [1.29, 1.82) is 0 Å². The van der Waals surface area contributed by atoms with E-state index in [0.717, 1.165) is 61.5 Å². The number of nitrogens with zero attached hydrogens (tertiary/aromatic N) is 5. The molecule has 0 fully saturated rings. The molecule has 0 N–H and O–H groups in total. The Morgan fingerprint density at radius 1 is 0.560 bits per heavy atom. The molecule has 0 saturated heterocycles. The highest BCUT2D eigenvalue weighted by atomic mass is 16.5. The summed E-state index contributed by atoms with van der Waals surface area (Å²) in [4.78, 5) is 14.9. The van der Waals surface area contributed by atoms with Crippen LogP contribution in [0.1, 0.15) is 22.6 Å². The van der Waals surface area contributed by atoms with Crippen molar-refractivity contribution in [3.8, 4) is 28.6 Å². The minimum atomic E-state index is 0.0983. The second-order valence-electron chi connectivity index (χ2n) is 12.9. The van der Waals surface area contributed by atoms with Crippen molar-refractivity contribution in [2.24, 2.45) is 0 Å². The van der Waals surface area contributed by atoms with Crippen LogP contribution in [0.3, 0.4) is 0 Å². The molecular weight excluding hydrogens is 615 g/mol. The number of aromatic nitrogens is 5. The van der Waals surface area contributed by atoms with Crippen LogP contribution in [0, 0.1) is 0 Å². The maximum Gasteiger partial charge on any atom is 0.146 e. The Bertz CT molecular complexity index is 2960. The van der Waals surface area contributed by atoms with Gasteiger partial charge in [0.25, 0.3) is 0 Å². The standard InChI is InChI=1S/C44H27N5O/c1-3-10-27(11-4-1)37-26-48-38-17-9-22-45-41(38)32-21-19-29(24-36(32)44(48)47-37)50-30-18-20-31-33-14-7-15-34-40(28-12-5-2-6-13-28)35-16-8-23-46-43(35)49(42(33)34)39(31)25-30/h1-26,40H. The van der Waals surface area contributed by atoms with Crippen molar-refractivity contribution >= 4 is 49.3 Å². The topological polar surface area (TPSA) is 57.2 Å². The zero-order valence-corrected chi connectivity index (χ0v) is 26.7. The molecule has 0 saturated carbocycles. The molecule has 1 unspecified atom stereocenters. The van der Waals surface area contributed by atoms with Gasteiger partial charge >= 0.3 is 0 Å². The Hall–Kier alpha value is -6.79. The SMILES string of the molecule is c1ccc(-c2cn3c4cccnc4c4ccc(Oc5ccc6c7cccc8c7n(c6c5)-c5ncccc5C8c5ccccc5)cc4c3n2)cc1. The second kappa shape index (κ2) is 10.4. The van der Waals surface area contributed by atoms with E-state index in [0.29, 0.717) is 0 Å². The van der Waals surface area contributed by atoms with E-state index < -0.39 is 0 Å². The average molecular weight is 642 g/mol. The lowest BCUT2D eigenvalue weighted by atomic mass is 9.82. The van der Waals surface area contributed by atoms with Gasteiger partial charge in [-0.15, -0.1) is 0 Å². The van der Waals surface area contributed by atoms with Crippen molar-refractivity contribution in [3.63, 3.8) is 0 Å². The van der Waals surface area contributed by atoms with Crippen LogP contribution in [0.15, 0.2) is 158 Å². The largest absolute Gasteiger partial charge is 0.457 e. The first-order chi connectivity index (χ1) is 24.8. The van der Waals surface area contributed by atoms with E-state index in [1.54, 1.807) is 0 Å². The third-order valence-electron chi connectivity index (χ3n) is 10.1. The van der Waals surface area contributed by atoms with E-state index in [1.807, 2.05) is 48.8 Å². The van der Waals surface area contributed by atoms with Crippen LogP contribution in [-0.2, 0) is 0 Å². The van der Waals surface area contributed by atoms with Crippen molar-refractivity contribution in [2.75, 3.05) is 0 Å². The monoisotopic (exact) mass is 641 g/mol. The van der Waals surface area contributed by atoms with Gasteiger partial charge in [-0.05, 0) is 59.7 Å². The van der Waals surface area contributed by atoms with Crippen molar-refractivity contribution in [1.82, 2.24) is 23.9 Å². The first-order valence-electron chi connectivity index (χ1n) is 16.8. The predicted octanol–water partition coefficient (Wildman–Crippen LogP) is 10.5. The molecule has 6 heterocycles. The zero-order valence-electron chi connectivity index (χ0n) is 26.7. The van der Waals surface area contributed by atoms with Gasteiger partial charge < -0.3 is 4.74 Å². The Morgan fingerprint density at radius 2 is 1.32 bits per heavy atom. The third-order valence-corrected chi connectivity index (χ3v) is 10.1. The lowest BCUT2D eigenvalue weighted by molar-refractivity contribution is 0.484. The van der Waals surface area contributed by atoms with E-state index in [2.05, 4.69) is 118 Å². The number of hydrogen-bond donors (Lipinski definition) is 0.